The van der Waals surface area contributed by atoms with Gasteiger partial charge in [0, 0.05) is 0 Å². The van der Waals surface area contributed by atoms with Crippen LogP contribution in [0.4, 0.5) is 0 Å². The van der Waals surface area contributed by atoms with Crippen molar-refractivity contribution >= 4 is 0 Å². The van der Waals surface area contributed by atoms with Crippen LogP contribution in [0.2, 0.25) is 0 Å². The van der Waals surface area contributed by atoms with Gasteiger partial charge in [0.05, 0.1) is 7.11 Å². The summed E-state index contributed by atoms with van der Waals surface area (Å²) < 4.78 is 5.14. The lowest BCUT2D eigenvalue weighted by Crippen LogP contribution is -2.01. The molecule has 0 aromatic carbocycles. The Balaban J connectivity index is 4.35. The van der Waals surface area contributed by atoms with Crippen molar-refractivity contribution < 1.29 is 4.74 Å². The fourth-order valence-corrected chi connectivity index (χ4v) is 0.766. The van der Waals surface area contributed by atoms with E-state index < -0.39 is 0 Å². The molecule has 0 spiro atoms. The molecular weight excluding hydrogens is 136 g/mol. The van der Waals surface area contributed by atoms with Gasteiger partial charge in [0.2, 0.25) is 0 Å². The summed E-state index contributed by atoms with van der Waals surface area (Å²) in [6, 6.07) is 0. The van der Waals surface area contributed by atoms with Crippen molar-refractivity contribution in [1.29, 1.82) is 0 Å². The summed E-state index contributed by atoms with van der Waals surface area (Å²) in [5.74, 6) is 0.931. The maximum Gasteiger partial charge on any atom is 0.115 e. The maximum atomic E-state index is 5.14. The lowest BCUT2D eigenvalue weighted by Gasteiger charge is -2.13. The van der Waals surface area contributed by atoms with Crippen LogP contribution in [-0.4, -0.2) is 7.11 Å². The van der Waals surface area contributed by atoms with E-state index in [0.717, 1.165) is 5.76 Å². The van der Waals surface area contributed by atoms with Crippen molar-refractivity contribution in [2.24, 2.45) is 5.41 Å². The zero-order valence-electron chi connectivity index (χ0n) is 8.14. The molecule has 0 saturated heterocycles. The number of methoxy groups -OCH3 is 1. The van der Waals surface area contributed by atoms with Gasteiger partial charge in [-0.15, -0.1) is 0 Å². The van der Waals surface area contributed by atoms with E-state index in [1.165, 1.54) is 0 Å². The number of hydrogen-bond acceptors (Lipinski definition) is 1. The van der Waals surface area contributed by atoms with Gasteiger partial charge in [0.1, 0.15) is 5.76 Å². The van der Waals surface area contributed by atoms with Crippen molar-refractivity contribution in [2.75, 3.05) is 7.11 Å². The topological polar surface area (TPSA) is 9.23 Å². The highest BCUT2D eigenvalue weighted by molar-refractivity contribution is 5.13. The van der Waals surface area contributed by atoms with E-state index in [1.54, 1.807) is 7.11 Å². The summed E-state index contributed by atoms with van der Waals surface area (Å²) in [4.78, 5) is 0. The van der Waals surface area contributed by atoms with Crippen LogP contribution in [0.3, 0.4) is 0 Å². The molecule has 0 bridgehead atoms. The summed E-state index contributed by atoms with van der Waals surface area (Å²) in [5, 5.41) is 0. The second kappa shape index (κ2) is 4.22. The van der Waals surface area contributed by atoms with Gasteiger partial charge in [-0.3, -0.25) is 0 Å². The van der Waals surface area contributed by atoms with Crippen LogP contribution in [0.5, 0.6) is 0 Å². The molecule has 64 valence electrons. The average molecular weight is 154 g/mol. The number of allylic oxidation sites excluding steroid dienone is 3. The number of ether oxygens (including phenoxy) is 1. The molecule has 0 heterocycles. The third-order valence-electron chi connectivity index (χ3n) is 1.14. The predicted octanol–water partition coefficient (Wildman–Crippen LogP) is 3.14. The quantitative estimate of drug-likeness (QED) is 0.438. The van der Waals surface area contributed by atoms with Crippen LogP contribution in [0.15, 0.2) is 24.0 Å². The molecule has 0 aliphatic rings. The molecule has 0 amide bonds. The van der Waals surface area contributed by atoms with Gasteiger partial charge in [-0.25, -0.2) is 0 Å². The molecule has 0 N–H and O–H groups in total. The Bertz CT molecular complexity index is 158. The standard InChI is InChI=1S/C10H18O/c1-6-7-9(11-5)8-10(2,3)4/h6-8H,1-5H3/b7-6-,9-8+. The van der Waals surface area contributed by atoms with Gasteiger partial charge >= 0.3 is 0 Å². The van der Waals surface area contributed by atoms with E-state index in [9.17, 15) is 0 Å². The minimum atomic E-state index is 0.185. The molecule has 0 aliphatic heterocycles. The van der Waals surface area contributed by atoms with E-state index in [1.807, 2.05) is 19.1 Å². The van der Waals surface area contributed by atoms with Crippen LogP contribution in [0.1, 0.15) is 27.7 Å². The first-order valence-electron chi connectivity index (χ1n) is 3.89. The van der Waals surface area contributed by atoms with Crippen molar-refractivity contribution in [2.45, 2.75) is 27.7 Å². The van der Waals surface area contributed by atoms with Gasteiger partial charge in [0.25, 0.3) is 0 Å². The van der Waals surface area contributed by atoms with Crippen LogP contribution < -0.4 is 0 Å². The first kappa shape index (κ1) is 10.3. The van der Waals surface area contributed by atoms with Gasteiger partial charge in [-0.1, -0.05) is 26.8 Å². The van der Waals surface area contributed by atoms with Crippen LogP contribution in [-0.2, 0) is 4.74 Å². The first-order chi connectivity index (χ1) is 4.99. The molecule has 1 heteroatoms. The van der Waals surface area contributed by atoms with Crippen molar-refractivity contribution in [3.63, 3.8) is 0 Å². The second-order valence-electron chi connectivity index (χ2n) is 3.62. The molecule has 0 aromatic heterocycles. The van der Waals surface area contributed by atoms with E-state index >= 15 is 0 Å². The Hall–Kier alpha value is -0.720. The van der Waals surface area contributed by atoms with Gasteiger partial charge in [-0.2, -0.15) is 0 Å². The van der Waals surface area contributed by atoms with Gasteiger partial charge in [0.15, 0.2) is 0 Å². The molecule has 0 saturated carbocycles. The van der Waals surface area contributed by atoms with Crippen molar-refractivity contribution in [1.82, 2.24) is 0 Å². The highest BCUT2D eigenvalue weighted by atomic mass is 16.5. The third kappa shape index (κ3) is 5.71. The van der Waals surface area contributed by atoms with Crippen molar-refractivity contribution in [3.05, 3.63) is 24.0 Å². The lowest BCUT2D eigenvalue weighted by atomic mass is 9.96. The number of hydrogen-bond donors (Lipinski definition) is 0. The monoisotopic (exact) mass is 154 g/mol. The first-order valence-corrected chi connectivity index (χ1v) is 3.89. The van der Waals surface area contributed by atoms with E-state index in [0.29, 0.717) is 0 Å². The van der Waals surface area contributed by atoms with Crippen molar-refractivity contribution in [3.8, 4) is 0 Å². The average Bonchev–Trinajstić information content (AvgIpc) is 1.84. The fraction of sp³-hybridized carbons (Fsp3) is 0.600. The van der Waals surface area contributed by atoms with E-state index in [-0.39, 0.29) is 5.41 Å². The fourth-order valence-electron chi connectivity index (χ4n) is 0.766. The Morgan fingerprint density at radius 1 is 1.27 bits per heavy atom. The summed E-state index contributed by atoms with van der Waals surface area (Å²) in [5.41, 5.74) is 0.185. The van der Waals surface area contributed by atoms with E-state index in [2.05, 4.69) is 26.8 Å². The minimum absolute atomic E-state index is 0.185. The smallest absolute Gasteiger partial charge is 0.115 e. The minimum Gasteiger partial charge on any atom is -0.497 e. The zero-order valence-corrected chi connectivity index (χ0v) is 8.14. The highest BCUT2D eigenvalue weighted by Crippen LogP contribution is 2.18. The Labute approximate surface area is 69.8 Å². The summed E-state index contributed by atoms with van der Waals surface area (Å²) >= 11 is 0. The Kier molecular flexibility index (Phi) is 3.94. The van der Waals surface area contributed by atoms with Crippen LogP contribution in [0, 0.1) is 5.41 Å². The summed E-state index contributed by atoms with van der Waals surface area (Å²) in [6.45, 7) is 8.43. The second-order valence-corrected chi connectivity index (χ2v) is 3.62. The molecule has 11 heavy (non-hydrogen) atoms. The van der Waals surface area contributed by atoms with Gasteiger partial charge in [-0.05, 0) is 24.5 Å². The highest BCUT2D eigenvalue weighted by Gasteiger charge is 2.06. The SMILES string of the molecule is C/C=C\C(=C/C(C)(C)C)OC. The zero-order chi connectivity index (χ0) is 8.91. The molecule has 1 nitrogen and oxygen atoms in total. The third-order valence-corrected chi connectivity index (χ3v) is 1.14. The van der Waals surface area contributed by atoms with Gasteiger partial charge < -0.3 is 4.74 Å². The molecule has 0 aromatic rings. The molecule has 0 radical (unpaired) electrons. The molecule has 0 fully saturated rings. The largest absolute Gasteiger partial charge is 0.497 e. The predicted molar refractivity (Wildman–Crippen MR) is 49.4 cm³/mol. The molecule has 0 rings (SSSR count). The molecule has 0 aliphatic carbocycles. The normalized spacial score (nSPS) is 14.1. The molecule has 0 atom stereocenters. The molecule has 0 unspecified atom stereocenters. The van der Waals surface area contributed by atoms with Crippen LogP contribution >= 0.6 is 0 Å². The van der Waals surface area contributed by atoms with Crippen LogP contribution in [0.25, 0.3) is 0 Å². The molecular formula is C10H18O. The summed E-state index contributed by atoms with van der Waals surface area (Å²) in [6.07, 6.45) is 6.04. The lowest BCUT2D eigenvalue weighted by molar-refractivity contribution is 0.298. The summed E-state index contributed by atoms with van der Waals surface area (Å²) in [7, 11) is 1.69. The maximum absolute atomic E-state index is 5.14. The van der Waals surface area contributed by atoms with E-state index in [4.69, 9.17) is 4.74 Å². The Morgan fingerprint density at radius 2 is 1.82 bits per heavy atom. The number of rotatable bonds is 2. The Morgan fingerprint density at radius 3 is 2.09 bits per heavy atom.